The van der Waals surface area contributed by atoms with Crippen LogP contribution in [0.5, 0.6) is 11.5 Å². The molecule has 140 valence electrons. The van der Waals surface area contributed by atoms with Gasteiger partial charge in [-0.1, -0.05) is 23.7 Å². The van der Waals surface area contributed by atoms with Crippen molar-refractivity contribution < 1.29 is 14.3 Å². The molecule has 3 aromatic rings. The molecular formula is C20H19ClN2O3S. The molecule has 1 heterocycles. The minimum atomic E-state index is -0.295. The second kappa shape index (κ2) is 8.88. The number of amides is 1. The molecule has 0 aliphatic rings. The number of ether oxygens (including phenoxy) is 2. The number of hydrogen-bond acceptors (Lipinski definition) is 5. The van der Waals surface area contributed by atoms with Gasteiger partial charge < -0.3 is 9.47 Å². The molecule has 0 fully saturated rings. The fourth-order valence-corrected chi connectivity index (χ4v) is 3.23. The Morgan fingerprint density at radius 2 is 1.93 bits per heavy atom. The van der Waals surface area contributed by atoms with Crippen LogP contribution >= 0.6 is 22.9 Å². The number of para-hydroxylation sites is 1. The number of thiazole rings is 1. The predicted molar refractivity (Wildman–Crippen MR) is 109 cm³/mol. The van der Waals surface area contributed by atoms with E-state index in [9.17, 15) is 4.79 Å². The van der Waals surface area contributed by atoms with Gasteiger partial charge in [0.2, 0.25) is 0 Å². The van der Waals surface area contributed by atoms with Gasteiger partial charge in [-0.2, -0.15) is 0 Å². The normalized spacial score (nSPS) is 10.7. The Hall–Kier alpha value is -2.57. The number of benzene rings is 2. The molecule has 27 heavy (non-hydrogen) atoms. The molecule has 0 aliphatic heterocycles. The summed E-state index contributed by atoms with van der Waals surface area (Å²) < 4.78 is 11.1. The van der Waals surface area contributed by atoms with E-state index in [1.165, 1.54) is 11.3 Å². The van der Waals surface area contributed by atoms with Crippen molar-refractivity contribution in [3.63, 3.8) is 0 Å². The number of aromatic nitrogens is 1. The Bertz CT molecular complexity index is 910. The minimum Gasteiger partial charge on any atom is -0.491 e. The van der Waals surface area contributed by atoms with Crippen LogP contribution in [0.4, 0.5) is 5.13 Å². The first-order valence-electron chi connectivity index (χ1n) is 8.41. The molecule has 5 nitrogen and oxygen atoms in total. The lowest BCUT2D eigenvalue weighted by atomic mass is 10.2. The average Bonchev–Trinajstić information content (AvgIpc) is 3.09. The maximum atomic E-state index is 12.1. The van der Waals surface area contributed by atoms with Crippen LogP contribution in [0.15, 0.2) is 53.9 Å². The van der Waals surface area contributed by atoms with Crippen LogP contribution in [-0.2, 0) is 4.79 Å². The van der Waals surface area contributed by atoms with Crippen molar-refractivity contribution in [2.45, 2.75) is 20.0 Å². The van der Waals surface area contributed by atoms with E-state index in [0.29, 0.717) is 15.9 Å². The maximum absolute atomic E-state index is 12.1. The third-order valence-electron chi connectivity index (χ3n) is 3.47. The van der Waals surface area contributed by atoms with Gasteiger partial charge in [-0.05, 0) is 50.2 Å². The van der Waals surface area contributed by atoms with E-state index in [2.05, 4.69) is 10.3 Å². The topological polar surface area (TPSA) is 60.5 Å². The van der Waals surface area contributed by atoms with Crippen molar-refractivity contribution in [3.05, 3.63) is 58.9 Å². The van der Waals surface area contributed by atoms with Crippen LogP contribution in [0.3, 0.4) is 0 Å². The van der Waals surface area contributed by atoms with Crippen molar-refractivity contribution in [1.29, 1.82) is 0 Å². The zero-order valence-electron chi connectivity index (χ0n) is 14.9. The molecule has 0 bridgehead atoms. The van der Waals surface area contributed by atoms with Crippen molar-refractivity contribution in [3.8, 4) is 22.8 Å². The Morgan fingerprint density at radius 3 is 2.63 bits per heavy atom. The highest BCUT2D eigenvalue weighted by Gasteiger charge is 2.10. The van der Waals surface area contributed by atoms with E-state index in [-0.39, 0.29) is 18.6 Å². The third-order valence-corrected chi connectivity index (χ3v) is 4.54. The Morgan fingerprint density at radius 1 is 1.19 bits per heavy atom. The summed E-state index contributed by atoms with van der Waals surface area (Å²) in [5.41, 5.74) is 1.74. The second-order valence-electron chi connectivity index (χ2n) is 6.00. The molecule has 0 spiro atoms. The van der Waals surface area contributed by atoms with Gasteiger partial charge in [-0.15, -0.1) is 11.3 Å². The molecule has 7 heteroatoms. The average molecular weight is 403 g/mol. The highest BCUT2D eigenvalue weighted by Crippen LogP contribution is 2.27. The molecule has 2 aromatic carbocycles. The standard InChI is InChI=1S/C20H19ClN2O3S/c1-13(2)26-15-9-7-14(8-10-15)17-12-27-20(22-17)23-19(24)11-25-18-6-4-3-5-16(18)21/h3-10,12-13H,11H2,1-2H3,(H,22,23,24). The van der Waals surface area contributed by atoms with Gasteiger partial charge in [0.15, 0.2) is 11.7 Å². The minimum absolute atomic E-state index is 0.130. The highest BCUT2D eigenvalue weighted by atomic mass is 35.5. The molecule has 1 N–H and O–H groups in total. The SMILES string of the molecule is CC(C)Oc1ccc(-c2csc(NC(=O)COc3ccccc3Cl)n2)cc1. The number of carbonyl (C=O) groups excluding carboxylic acids is 1. The van der Waals surface area contributed by atoms with E-state index in [0.717, 1.165) is 17.0 Å². The van der Waals surface area contributed by atoms with E-state index in [1.54, 1.807) is 24.3 Å². The number of anilines is 1. The number of carbonyl (C=O) groups is 1. The Kier molecular flexibility index (Phi) is 6.32. The summed E-state index contributed by atoms with van der Waals surface area (Å²) in [6, 6.07) is 14.7. The quantitative estimate of drug-likeness (QED) is 0.585. The number of halogens is 1. The van der Waals surface area contributed by atoms with E-state index in [1.807, 2.05) is 43.5 Å². The lowest BCUT2D eigenvalue weighted by Gasteiger charge is -2.09. The first-order valence-corrected chi connectivity index (χ1v) is 9.67. The Balaban J connectivity index is 1.57. The lowest BCUT2D eigenvalue weighted by Crippen LogP contribution is -2.20. The molecule has 3 rings (SSSR count). The number of rotatable bonds is 7. The molecule has 0 radical (unpaired) electrons. The van der Waals surface area contributed by atoms with Crippen LogP contribution < -0.4 is 14.8 Å². The van der Waals surface area contributed by atoms with Crippen LogP contribution in [-0.4, -0.2) is 23.6 Å². The molecule has 0 unspecified atom stereocenters. The first-order chi connectivity index (χ1) is 13.0. The van der Waals surface area contributed by atoms with Gasteiger partial charge in [-0.25, -0.2) is 4.98 Å². The van der Waals surface area contributed by atoms with Gasteiger partial charge in [0.25, 0.3) is 5.91 Å². The van der Waals surface area contributed by atoms with Gasteiger partial charge in [-0.3, -0.25) is 10.1 Å². The summed E-state index contributed by atoms with van der Waals surface area (Å²) in [4.78, 5) is 16.5. The van der Waals surface area contributed by atoms with E-state index < -0.39 is 0 Å². The van der Waals surface area contributed by atoms with Crippen molar-refractivity contribution in [2.24, 2.45) is 0 Å². The fraction of sp³-hybridized carbons (Fsp3) is 0.200. The number of nitrogens with one attached hydrogen (secondary N) is 1. The van der Waals surface area contributed by atoms with E-state index in [4.69, 9.17) is 21.1 Å². The monoisotopic (exact) mass is 402 g/mol. The number of hydrogen-bond donors (Lipinski definition) is 1. The van der Waals surface area contributed by atoms with Crippen LogP contribution in [0.25, 0.3) is 11.3 Å². The van der Waals surface area contributed by atoms with Crippen molar-refractivity contribution in [2.75, 3.05) is 11.9 Å². The summed E-state index contributed by atoms with van der Waals surface area (Å²) >= 11 is 7.36. The zero-order valence-corrected chi connectivity index (χ0v) is 16.5. The summed E-state index contributed by atoms with van der Waals surface area (Å²) in [6.07, 6.45) is 0.130. The predicted octanol–water partition coefficient (Wildman–Crippen LogP) is 5.27. The summed E-state index contributed by atoms with van der Waals surface area (Å²) in [5, 5.41) is 5.61. The van der Waals surface area contributed by atoms with Crippen molar-refractivity contribution in [1.82, 2.24) is 4.98 Å². The summed E-state index contributed by atoms with van der Waals surface area (Å²) in [7, 11) is 0. The second-order valence-corrected chi connectivity index (χ2v) is 7.26. The fourth-order valence-electron chi connectivity index (χ4n) is 2.30. The van der Waals surface area contributed by atoms with Gasteiger partial charge >= 0.3 is 0 Å². The van der Waals surface area contributed by atoms with E-state index >= 15 is 0 Å². The summed E-state index contributed by atoms with van der Waals surface area (Å²) in [6.45, 7) is 3.83. The molecule has 0 saturated carbocycles. The van der Waals surface area contributed by atoms with Gasteiger partial charge in [0.1, 0.15) is 11.5 Å². The van der Waals surface area contributed by atoms with Crippen LogP contribution in [0, 0.1) is 0 Å². The molecule has 0 aliphatic carbocycles. The zero-order chi connectivity index (χ0) is 19.2. The largest absolute Gasteiger partial charge is 0.491 e. The summed E-state index contributed by atoms with van der Waals surface area (Å²) in [5.74, 6) is 0.989. The van der Waals surface area contributed by atoms with Crippen molar-refractivity contribution >= 4 is 34.0 Å². The lowest BCUT2D eigenvalue weighted by molar-refractivity contribution is -0.118. The molecule has 1 aromatic heterocycles. The highest BCUT2D eigenvalue weighted by molar-refractivity contribution is 7.14. The van der Waals surface area contributed by atoms with Gasteiger partial charge in [0.05, 0.1) is 16.8 Å². The van der Waals surface area contributed by atoms with Gasteiger partial charge in [0, 0.05) is 10.9 Å². The maximum Gasteiger partial charge on any atom is 0.264 e. The molecule has 0 atom stereocenters. The first kappa shape index (κ1) is 19.2. The number of nitrogens with zero attached hydrogens (tertiary/aromatic N) is 1. The smallest absolute Gasteiger partial charge is 0.264 e. The molecular weight excluding hydrogens is 384 g/mol. The molecule has 0 saturated heterocycles. The molecule has 1 amide bonds. The third kappa shape index (κ3) is 5.45. The Labute approximate surface area is 166 Å². The van der Waals surface area contributed by atoms with Crippen LogP contribution in [0.1, 0.15) is 13.8 Å². The van der Waals surface area contributed by atoms with Crippen LogP contribution in [0.2, 0.25) is 5.02 Å².